The zero-order chi connectivity index (χ0) is 23.4. The molecule has 3 aromatic rings. The van der Waals surface area contributed by atoms with Crippen LogP contribution in [0.4, 0.5) is 0 Å². The highest BCUT2D eigenvalue weighted by Gasteiger charge is 2.19. The molecule has 0 spiro atoms. The van der Waals surface area contributed by atoms with E-state index in [4.69, 9.17) is 9.47 Å². The van der Waals surface area contributed by atoms with Crippen LogP contribution in [0.1, 0.15) is 25.1 Å². The van der Waals surface area contributed by atoms with Crippen molar-refractivity contribution >= 4 is 28.7 Å². The molecule has 0 saturated carbocycles. The molecule has 0 atom stereocenters. The van der Waals surface area contributed by atoms with E-state index in [-0.39, 0.29) is 24.6 Å². The lowest BCUT2D eigenvalue weighted by atomic mass is 10.2. The first-order chi connectivity index (χ1) is 15.3. The molecule has 8 nitrogen and oxygen atoms in total. The summed E-state index contributed by atoms with van der Waals surface area (Å²) in [4.78, 5) is 30.8. The molecule has 32 heavy (non-hydrogen) atoms. The molecule has 0 aliphatic heterocycles. The van der Waals surface area contributed by atoms with Crippen molar-refractivity contribution in [2.45, 2.75) is 45.6 Å². The van der Waals surface area contributed by atoms with Gasteiger partial charge in [-0.1, -0.05) is 37.7 Å². The number of nitrogens with one attached hydrogen (secondary N) is 1. The highest BCUT2D eigenvalue weighted by molar-refractivity contribution is 7.98. The second-order valence-electron chi connectivity index (χ2n) is 7.94. The number of hydrogen-bond acceptors (Lipinski definition) is 6. The Morgan fingerprint density at radius 3 is 2.59 bits per heavy atom. The third-order valence-corrected chi connectivity index (χ3v) is 5.85. The molecule has 9 heteroatoms. The summed E-state index contributed by atoms with van der Waals surface area (Å²) in [7, 11) is 3.14. The van der Waals surface area contributed by atoms with Crippen molar-refractivity contribution < 1.29 is 14.3 Å². The molecule has 0 bridgehead atoms. The van der Waals surface area contributed by atoms with Gasteiger partial charge in [0.2, 0.25) is 5.91 Å². The van der Waals surface area contributed by atoms with Gasteiger partial charge in [0.15, 0.2) is 16.7 Å². The highest BCUT2D eigenvalue weighted by atomic mass is 32.2. The number of hydrogen-bond donors (Lipinski definition) is 1. The number of aromatic nitrogens is 3. The minimum Gasteiger partial charge on any atom is -0.493 e. The molecule has 2 aromatic heterocycles. The van der Waals surface area contributed by atoms with Gasteiger partial charge in [0.1, 0.15) is 12.1 Å². The summed E-state index contributed by atoms with van der Waals surface area (Å²) < 4.78 is 14.2. The molecule has 1 N–H and O–H groups in total. The monoisotopic (exact) mass is 458 g/mol. The van der Waals surface area contributed by atoms with Gasteiger partial charge in [-0.15, -0.1) is 0 Å². The Labute approximate surface area is 191 Å². The largest absolute Gasteiger partial charge is 0.493 e. The zero-order valence-corrected chi connectivity index (χ0v) is 20.2. The predicted octanol–water partition coefficient (Wildman–Crippen LogP) is 3.22. The molecule has 0 fully saturated rings. The van der Waals surface area contributed by atoms with Crippen molar-refractivity contribution in [3.05, 3.63) is 45.9 Å². The van der Waals surface area contributed by atoms with E-state index in [2.05, 4.69) is 24.1 Å². The molecular formula is C23H30N4O4S. The van der Waals surface area contributed by atoms with Gasteiger partial charge in [0.25, 0.3) is 5.56 Å². The third kappa shape index (κ3) is 4.77. The summed E-state index contributed by atoms with van der Waals surface area (Å²) >= 11 is 1.45. The number of benzene rings is 1. The second kappa shape index (κ2) is 10.1. The maximum Gasteiger partial charge on any atom is 0.278 e. The van der Waals surface area contributed by atoms with Crippen LogP contribution in [0.3, 0.4) is 0 Å². The van der Waals surface area contributed by atoms with Gasteiger partial charge in [0, 0.05) is 24.3 Å². The Hall–Kier alpha value is -2.94. The Morgan fingerprint density at radius 1 is 1.22 bits per heavy atom. The van der Waals surface area contributed by atoms with Crippen LogP contribution in [-0.2, 0) is 24.4 Å². The Bertz CT molecular complexity index is 1180. The van der Waals surface area contributed by atoms with Gasteiger partial charge in [-0.2, -0.15) is 0 Å². The minimum absolute atomic E-state index is 0.0266. The lowest BCUT2D eigenvalue weighted by molar-refractivity contribution is -0.121. The van der Waals surface area contributed by atoms with E-state index in [0.29, 0.717) is 40.2 Å². The molecule has 0 radical (unpaired) electrons. The fourth-order valence-electron chi connectivity index (χ4n) is 3.72. The zero-order valence-electron chi connectivity index (χ0n) is 19.4. The van der Waals surface area contributed by atoms with Gasteiger partial charge in [0.05, 0.1) is 19.7 Å². The van der Waals surface area contributed by atoms with Gasteiger partial charge in [-0.25, -0.2) is 4.98 Å². The number of amides is 1. The van der Waals surface area contributed by atoms with Crippen LogP contribution in [0.2, 0.25) is 0 Å². The van der Waals surface area contributed by atoms with Crippen molar-refractivity contribution in [2.24, 2.45) is 5.92 Å². The molecule has 172 valence electrons. The highest BCUT2D eigenvalue weighted by Crippen LogP contribution is 2.30. The number of para-hydroxylation sites is 1. The number of thioether (sulfide) groups is 1. The predicted molar refractivity (Wildman–Crippen MR) is 127 cm³/mol. The Balaban J connectivity index is 1.88. The van der Waals surface area contributed by atoms with Gasteiger partial charge >= 0.3 is 0 Å². The normalized spacial score (nSPS) is 11.2. The molecular weight excluding hydrogens is 428 g/mol. The third-order valence-electron chi connectivity index (χ3n) is 5.17. The maximum absolute atomic E-state index is 13.3. The molecule has 0 aliphatic rings. The molecule has 1 aromatic carbocycles. The van der Waals surface area contributed by atoms with Crippen molar-refractivity contribution in [3.8, 4) is 11.5 Å². The number of nitrogens with zero attached hydrogens (tertiary/aromatic N) is 3. The maximum atomic E-state index is 13.3. The van der Waals surface area contributed by atoms with E-state index < -0.39 is 0 Å². The van der Waals surface area contributed by atoms with Gasteiger partial charge in [-0.05, 0) is 31.2 Å². The van der Waals surface area contributed by atoms with Crippen molar-refractivity contribution in [1.29, 1.82) is 0 Å². The summed E-state index contributed by atoms with van der Waals surface area (Å²) in [5.41, 5.74) is 2.56. The number of rotatable bonds is 9. The van der Waals surface area contributed by atoms with E-state index in [9.17, 15) is 9.59 Å². The molecule has 0 saturated heterocycles. The minimum atomic E-state index is -0.209. The van der Waals surface area contributed by atoms with E-state index in [0.717, 1.165) is 11.3 Å². The van der Waals surface area contributed by atoms with Gasteiger partial charge in [-0.3, -0.25) is 14.2 Å². The molecule has 0 aliphatic carbocycles. The SMILES string of the molecule is COc1cccc(CNC(=O)Cn2c(C)cc3nc(SC)n(CC(C)C)c(=O)c32)c1OC. The number of fused-ring (bicyclic) bond motifs is 1. The summed E-state index contributed by atoms with van der Waals surface area (Å²) in [6.07, 6.45) is 1.91. The number of aryl methyl sites for hydroxylation is 1. The Kier molecular flexibility index (Phi) is 7.50. The fraction of sp³-hybridized carbons (Fsp3) is 0.435. The van der Waals surface area contributed by atoms with Crippen molar-refractivity contribution in [3.63, 3.8) is 0 Å². The van der Waals surface area contributed by atoms with Crippen LogP contribution in [0, 0.1) is 12.8 Å². The number of ether oxygens (including phenoxy) is 2. The topological polar surface area (TPSA) is 87.4 Å². The fourth-order valence-corrected chi connectivity index (χ4v) is 4.29. The first-order valence-corrected chi connectivity index (χ1v) is 11.6. The van der Waals surface area contributed by atoms with Crippen molar-refractivity contribution in [1.82, 2.24) is 19.4 Å². The van der Waals surface area contributed by atoms with E-state index >= 15 is 0 Å². The average molecular weight is 459 g/mol. The molecule has 1 amide bonds. The summed E-state index contributed by atoms with van der Waals surface area (Å²) in [6.45, 7) is 6.88. The summed E-state index contributed by atoms with van der Waals surface area (Å²) in [6, 6.07) is 7.38. The lowest BCUT2D eigenvalue weighted by Gasteiger charge is -2.15. The quantitative estimate of drug-likeness (QED) is 0.391. The number of methoxy groups -OCH3 is 2. The van der Waals surface area contributed by atoms with E-state index in [1.165, 1.54) is 11.8 Å². The molecule has 2 heterocycles. The van der Waals surface area contributed by atoms with Crippen LogP contribution >= 0.6 is 11.8 Å². The van der Waals surface area contributed by atoms with Gasteiger partial charge < -0.3 is 19.4 Å². The Morgan fingerprint density at radius 2 is 1.97 bits per heavy atom. The molecule has 3 rings (SSSR count). The number of carbonyl (C=O) groups excluding carboxylic acids is 1. The smallest absolute Gasteiger partial charge is 0.278 e. The molecule has 0 unspecified atom stereocenters. The second-order valence-corrected chi connectivity index (χ2v) is 8.72. The van der Waals surface area contributed by atoms with Crippen molar-refractivity contribution in [2.75, 3.05) is 20.5 Å². The van der Waals surface area contributed by atoms with Crippen LogP contribution in [0.5, 0.6) is 11.5 Å². The van der Waals surface area contributed by atoms with Crippen LogP contribution in [0.15, 0.2) is 34.2 Å². The first-order valence-electron chi connectivity index (χ1n) is 10.4. The van der Waals surface area contributed by atoms with Crippen LogP contribution < -0.4 is 20.3 Å². The first kappa shape index (κ1) is 23.7. The standard InChI is InChI=1S/C23H30N4O4S/c1-14(2)12-27-22(29)20-17(25-23(27)32-6)10-15(3)26(20)13-19(28)24-11-16-8-7-9-18(30-4)21(16)31-5/h7-10,14H,11-13H2,1-6H3,(H,24,28). The van der Waals surface area contributed by atoms with Crippen LogP contribution in [-0.4, -0.2) is 40.5 Å². The average Bonchev–Trinajstić information content (AvgIpc) is 3.08. The lowest BCUT2D eigenvalue weighted by Crippen LogP contribution is -2.30. The van der Waals surface area contributed by atoms with E-state index in [1.807, 2.05) is 31.4 Å². The van der Waals surface area contributed by atoms with Crippen LogP contribution in [0.25, 0.3) is 11.0 Å². The number of carbonyl (C=O) groups is 1. The van der Waals surface area contributed by atoms with E-state index in [1.54, 1.807) is 29.4 Å². The summed E-state index contributed by atoms with van der Waals surface area (Å²) in [5, 5.41) is 3.60. The summed E-state index contributed by atoms with van der Waals surface area (Å²) in [5.74, 6) is 1.28.